The van der Waals surface area contributed by atoms with Gasteiger partial charge in [0.05, 0.1) is 4.47 Å². The van der Waals surface area contributed by atoms with Gasteiger partial charge in [0.25, 0.3) is 5.91 Å². The topological polar surface area (TPSA) is 46.9 Å². The molecule has 0 spiro atoms. The maximum atomic E-state index is 11.7. The summed E-state index contributed by atoms with van der Waals surface area (Å²) in [4.78, 5) is 11.7. The number of carbonyl (C=O) groups excluding carboxylic acids is 1. The molecule has 0 aromatic carbocycles. The number of carbonyl (C=O) groups is 1. The van der Waals surface area contributed by atoms with Crippen LogP contribution in [0.3, 0.4) is 0 Å². The highest BCUT2D eigenvalue weighted by atomic mass is 79.9. The normalized spacial score (nSPS) is 15.3. The first kappa shape index (κ1) is 10.7. The molecule has 5 heteroatoms. The van der Waals surface area contributed by atoms with Gasteiger partial charge in [0, 0.05) is 19.3 Å². The summed E-state index contributed by atoms with van der Waals surface area (Å²) in [5, 5.41) is 7.08. The van der Waals surface area contributed by atoms with E-state index in [2.05, 4.69) is 26.3 Å². The predicted molar refractivity (Wildman–Crippen MR) is 60.7 cm³/mol. The van der Waals surface area contributed by atoms with E-state index in [9.17, 15) is 4.79 Å². The molecule has 0 unspecified atom stereocenters. The molecule has 0 atom stereocenters. The van der Waals surface area contributed by atoms with Crippen LogP contribution in [0.2, 0.25) is 0 Å². The molecule has 1 saturated carbocycles. The van der Waals surface area contributed by atoms with Crippen LogP contribution in [0.5, 0.6) is 0 Å². The van der Waals surface area contributed by atoms with Crippen LogP contribution in [-0.4, -0.2) is 22.2 Å². The molecule has 0 radical (unpaired) electrons. The molecule has 0 saturated heterocycles. The number of aryl methyl sites for hydroxylation is 1. The third-order valence-corrected chi connectivity index (χ3v) is 3.08. The van der Waals surface area contributed by atoms with Gasteiger partial charge in [-0.1, -0.05) is 0 Å². The highest BCUT2D eigenvalue weighted by Crippen LogP contribution is 2.27. The van der Waals surface area contributed by atoms with Crippen LogP contribution in [0.25, 0.3) is 0 Å². The van der Waals surface area contributed by atoms with E-state index in [0.29, 0.717) is 11.6 Å². The van der Waals surface area contributed by atoms with Gasteiger partial charge in [0.1, 0.15) is 0 Å². The van der Waals surface area contributed by atoms with E-state index in [1.54, 1.807) is 4.68 Å². The van der Waals surface area contributed by atoms with E-state index >= 15 is 0 Å². The van der Waals surface area contributed by atoms with E-state index in [0.717, 1.165) is 17.6 Å². The summed E-state index contributed by atoms with van der Waals surface area (Å²) >= 11 is 3.34. The Balaban J connectivity index is 1.99. The average molecular weight is 272 g/mol. The molecule has 1 N–H and O–H groups in total. The highest BCUT2D eigenvalue weighted by molar-refractivity contribution is 9.10. The number of hydrogen-bond acceptors (Lipinski definition) is 2. The summed E-state index contributed by atoms with van der Waals surface area (Å²) in [5.74, 6) is 0.613. The summed E-state index contributed by atoms with van der Waals surface area (Å²) in [5.41, 5.74) is 0.484. The second-order valence-corrected chi connectivity index (χ2v) is 4.69. The molecule has 1 aliphatic rings. The molecule has 1 aliphatic carbocycles. The van der Waals surface area contributed by atoms with Crippen molar-refractivity contribution >= 4 is 21.8 Å². The number of amides is 1. The molecule has 2 rings (SSSR count). The molecule has 1 aromatic heterocycles. The third-order valence-electron chi connectivity index (χ3n) is 2.50. The molecular formula is C10H14BrN3O. The Morgan fingerprint density at radius 2 is 2.47 bits per heavy atom. The van der Waals surface area contributed by atoms with E-state index in [1.165, 1.54) is 12.8 Å². The van der Waals surface area contributed by atoms with Crippen molar-refractivity contribution in [1.29, 1.82) is 0 Å². The van der Waals surface area contributed by atoms with Crippen molar-refractivity contribution in [3.63, 3.8) is 0 Å². The van der Waals surface area contributed by atoms with Crippen LogP contribution in [-0.2, 0) is 6.54 Å². The molecule has 1 heterocycles. The minimum absolute atomic E-state index is 0.0824. The first-order valence-electron chi connectivity index (χ1n) is 5.22. The Bertz CT molecular complexity index is 371. The molecule has 0 aliphatic heterocycles. The Labute approximate surface area is 97.2 Å². The van der Waals surface area contributed by atoms with Gasteiger partial charge in [-0.2, -0.15) is 5.10 Å². The van der Waals surface area contributed by atoms with Gasteiger partial charge in [-0.3, -0.25) is 9.48 Å². The Kier molecular flexibility index (Phi) is 3.09. The number of aromatic nitrogens is 2. The number of rotatable bonds is 4. The molecule has 82 valence electrons. The first-order chi connectivity index (χ1) is 7.20. The predicted octanol–water partition coefficient (Wildman–Crippen LogP) is 1.81. The number of nitrogens with zero attached hydrogens (tertiary/aromatic N) is 2. The van der Waals surface area contributed by atoms with E-state index < -0.39 is 0 Å². The number of halogens is 1. The second kappa shape index (κ2) is 4.35. The van der Waals surface area contributed by atoms with Crippen LogP contribution in [0, 0.1) is 5.92 Å². The van der Waals surface area contributed by atoms with Crippen molar-refractivity contribution in [3.8, 4) is 0 Å². The Morgan fingerprint density at radius 1 is 1.73 bits per heavy atom. The summed E-state index contributed by atoms with van der Waals surface area (Å²) in [6, 6.07) is 0. The van der Waals surface area contributed by atoms with Crippen molar-refractivity contribution in [2.75, 3.05) is 6.54 Å². The minimum atomic E-state index is -0.0824. The molecule has 4 nitrogen and oxygen atoms in total. The molecule has 1 amide bonds. The van der Waals surface area contributed by atoms with E-state index in [4.69, 9.17) is 0 Å². The fourth-order valence-electron chi connectivity index (χ4n) is 1.36. The van der Waals surface area contributed by atoms with Crippen molar-refractivity contribution in [2.45, 2.75) is 26.3 Å². The SMILES string of the molecule is CCn1cc(Br)c(C(=O)NCC2CC2)n1. The first-order valence-corrected chi connectivity index (χ1v) is 6.01. The highest BCUT2D eigenvalue weighted by Gasteiger charge is 2.23. The third kappa shape index (κ3) is 2.59. The van der Waals surface area contributed by atoms with Crippen LogP contribution in [0.4, 0.5) is 0 Å². The van der Waals surface area contributed by atoms with Gasteiger partial charge in [-0.25, -0.2) is 0 Å². The maximum absolute atomic E-state index is 11.7. The smallest absolute Gasteiger partial charge is 0.272 e. The lowest BCUT2D eigenvalue weighted by atomic mass is 10.3. The van der Waals surface area contributed by atoms with Gasteiger partial charge >= 0.3 is 0 Å². The van der Waals surface area contributed by atoms with Crippen molar-refractivity contribution in [1.82, 2.24) is 15.1 Å². The quantitative estimate of drug-likeness (QED) is 0.908. The van der Waals surface area contributed by atoms with Crippen LogP contribution < -0.4 is 5.32 Å². The zero-order chi connectivity index (χ0) is 10.8. The van der Waals surface area contributed by atoms with Crippen LogP contribution in [0.15, 0.2) is 10.7 Å². The maximum Gasteiger partial charge on any atom is 0.272 e. The van der Waals surface area contributed by atoms with Gasteiger partial charge in [-0.15, -0.1) is 0 Å². The van der Waals surface area contributed by atoms with Crippen LogP contribution in [0.1, 0.15) is 30.3 Å². The lowest BCUT2D eigenvalue weighted by Crippen LogP contribution is -2.26. The summed E-state index contributed by atoms with van der Waals surface area (Å²) in [7, 11) is 0. The lowest BCUT2D eigenvalue weighted by Gasteiger charge is -2.01. The molecule has 1 aromatic rings. The van der Waals surface area contributed by atoms with Gasteiger partial charge in [0.2, 0.25) is 0 Å². The van der Waals surface area contributed by atoms with Gasteiger partial charge in [0.15, 0.2) is 5.69 Å². The zero-order valence-electron chi connectivity index (χ0n) is 8.66. The van der Waals surface area contributed by atoms with Crippen molar-refractivity contribution in [3.05, 3.63) is 16.4 Å². The average Bonchev–Trinajstić information content (AvgIpc) is 2.97. The minimum Gasteiger partial charge on any atom is -0.350 e. The number of hydrogen-bond donors (Lipinski definition) is 1. The Morgan fingerprint density at radius 3 is 3.00 bits per heavy atom. The monoisotopic (exact) mass is 271 g/mol. The zero-order valence-corrected chi connectivity index (χ0v) is 10.2. The van der Waals surface area contributed by atoms with E-state index in [1.807, 2.05) is 13.1 Å². The molecule has 15 heavy (non-hydrogen) atoms. The summed E-state index contributed by atoms with van der Waals surface area (Å²) in [6.07, 6.45) is 4.31. The lowest BCUT2D eigenvalue weighted by molar-refractivity contribution is 0.0945. The standard InChI is InChI=1S/C10H14BrN3O/c1-2-14-6-8(11)9(13-14)10(15)12-5-7-3-4-7/h6-7H,2-5H2,1H3,(H,12,15). The summed E-state index contributed by atoms with van der Waals surface area (Å²) < 4.78 is 2.51. The molecule has 0 bridgehead atoms. The van der Waals surface area contributed by atoms with Crippen LogP contribution >= 0.6 is 15.9 Å². The van der Waals surface area contributed by atoms with Gasteiger partial charge < -0.3 is 5.32 Å². The second-order valence-electron chi connectivity index (χ2n) is 3.83. The van der Waals surface area contributed by atoms with E-state index in [-0.39, 0.29) is 5.91 Å². The Hall–Kier alpha value is -0.840. The van der Waals surface area contributed by atoms with Gasteiger partial charge in [-0.05, 0) is 41.6 Å². The molecule has 1 fully saturated rings. The fourth-order valence-corrected chi connectivity index (χ4v) is 1.85. The molecular weight excluding hydrogens is 258 g/mol. The number of nitrogens with one attached hydrogen (secondary N) is 1. The largest absolute Gasteiger partial charge is 0.350 e. The van der Waals surface area contributed by atoms with Crippen molar-refractivity contribution < 1.29 is 4.79 Å². The summed E-state index contributed by atoms with van der Waals surface area (Å²) in [6.45, 7) is 3.55. The fraction of sp³-hybridized carbons (Fsp3) is 0.600. The van der Waals surface area contributed by atoms with Crippen molar-refractivity contribution in [2.24, 2.45) is 5.92 Å².